The van der Waals surface area contributed by atoms with E-state index in [4.69, 9.17) is 0 Å². The van der Waals surface area contributed by atoms with Gasteiger partial charge in [-0.05, 0) is 42.2 Å². The van der Waals surface area contributed by atoms with Crippen LogP contribution in [0.3, 0.4) is 0 Å². The summed E-state index contributed by atoms with van der Waals surface area (Å²) in [6.07, 6.45) is 8.14. The summed E-state index contributed by atoms with van der Waals surface area (Å²) in [5.74, 6) is -2.16. The first-order chi connectivity index (χ1) is 18.8. The van der Waals surface area contributed by atoms with Crippen molar-refractivity contribution in [1.82, 2.24) is 29.0 Å². The molecule has 5 aromatic rings. The number of aromatic nitrogens is 5. The zero-order chi connectivity index (χ0) is 27.3. The SMILES string of the molecule is Cn1cc2c(-c3cc(F)c(Cn4cc(C(=O)N[C@H]5CCCC[C@@H]5O)c5nccn5c4=O)c(F)c3)cccc2n1. The Labute approximate surface area is 221 Å². The van der Waals surface area contributed by atoms with Crippen LogP contribution in [0.2, 0.25) is 0 Å². The Bertz CT molecular complexity index is 1770. The van der Waals surface area contributed by atoms with Crippen molar-refractivity contribution < 1.29 is 18.7 Å². The summed E-state index contributed by atoms with van der Waals surface area (Å²) < 4.78 is 34.7. The Morgan fingerprint density at radius 2 is 1.92 bits per heavy atom. The number of halogens is 2. The number of nitrogens with one attached hydrogen (secondary N) is 1. The molecule has 1 aliphatic rings. The van der Waals surface area contributed by atoms with Crippen LogP contribution in [0.5, 0.6) is 0 Å². The minimum atomic E-state index is -0.820. The van der Waals surface area contributed by atoms with Crippen LogP contribution >= 0.6 is 0 Å². The molecule has 1 saturated carbocycles. The number of hydrogen-bond acceptors (Lipinski definition) is 5. The lowest BCUT2D eigenvalue weighted by atomic mass is 9.92. The normalized spacial score (nSPS) is 17.6. The fraction of sp³-hybridized carbons (Fsp3) is 0.286. The second kappa shape index (κ2) is 9.73. The molecule has 0 saturated heterocycles. The van der Waals surface area contributed by atoms with Crippen LogP contribution in [0.25, 0.3) is 27.7 Å². The number of carbonyl (C=O) groups is 1. The Morgan fingerprint density at radius 3 is 2.69 bits per heavy atom. The van der Waals surface area contributed by atoms with E-state index in [0.29, 0.717) is 29.5 Å². The Balaban J connectivity index is 1.36. The second-order valence-corrected chi connectivity index (χ2v) is 9.97. The Hall–Kier alpha value is -4.38. The van der Waals surface area contributed by atoms with Crippen molar-refractivity contribution in [1.29, 1.82) is 0 Å². The van der Waals surface area contributed by atoms with Gasteiger partial charge in [-0.1, -0.05) is 25.0 Å². The summed E-state index contributed by atoms with van der Waals surface area (Å²) in [6, 6.07) is 7.41. The standard InChI is InChI=1S/C28H26F2N6O3/c1-34-13-18-17(5-4-7-23(18)33-34)16-11-21(29)19(22(30)12-16)14-35-15-20(26-31-9-10-36(26)28(35)39)27(38)32-24-6-2-3-8-25(24)37/h4-5,7,9-13,15,24-25,37H,2-3,6,8,14H2,1H3,(H,32,38)/t24-,25-/m0/s1. The number of imidazole rings is 1. The molecule has 11 heteroatoms. The van der Waals surface area contributed by atoms with Gasteiger partial charge in [0.05, 0.1) is 29.8 Å². The van der Waals surface area contributed by atoms with Crippen molar-refractivity contribution in [3.05, 3.63) is 88.4 Å². The van der Waals surface area contributed by atoms with Crippen LogP contribution in [-0.4, -0.2) is 46.9 Å². The van der Waals surface area contributed by atoms with Crippen molar-refractivity contribution in [2.24, 2.45) is 7.05 Å². The first-order valence-corrected chi connectivity index (χ1v) is 12.8. The van der Waals surface area contributed by atoms with Gasteiger partial charge in [-0.2, -0.15) is 5.10 Å². The van der Waals surface area contributed by atoms with E-state index in [1.165, 1.54) is 35.1 Å². The first-order valence-electron chi connectivity index (χ1n) is 12.8. The van der Waals surface area contributed by atoms with E-state index in [1.54, 1.807) is 30.1 Å². The topological polar surface area (TPSA) is 106 Å². The predicted molar refractivity (Wildman–Crippen MR) is 140 cm³/mol. The number of nitrogens with zero attached hydrogens (tertiary/aromatic N) is 5. The second-order valence-electron chi connectivity index (χ2n) is 9.97. The maximum absolute atomic E-state index is 15.4. The molecule has 0 unspecified atom stereocenters. The third-order valence-corrected chi connectivity index (χ3v) is 7.35. The average molecular weight is 533 g/mol. The number of hydrogen-bond donors (Lipinski definition) is 2. The summed E-state index contributed by atoms with van der Waals surface area (Å²) in [7, 11) is 1.77. The van der Waals surface area contributed by atoms with Gasteiger partial charge in [-0.15, -0.1) is 0 Å². The van der Waals surface area contributed by atoms with E-state index < -0.39 is 41.9 Å². The number of aryl methyl sites for hydroxylation is 1. The molecule has 2 N–H and O–H groups in total. The maximum atomic E-state index is 15.4. The number of fused-ring (bicyclic) bond motifs is 2. The van der Waals surface area contributed by atoms with E-state index in [9.17, 15) is 14.7 Å². The van der Waals surface area contributed by atoms with Crippen molar-refractivity contribution in [2.75, 3.05) is 0 Å². The monoisotopic (exact) mass is 532 g/mol. The van der Waals surface area contributed by atoms with Gasteiger partial charge in [0.2, 0.25) is 0 Å². The molecule has 1 fully saturated rings. The molecule has 0 aliphatic heterocycles. The molecular weight excluding hydrogens is 506 g/mol. The Morgan fingerprint density at radius 1 is 1.15 bits per heavy atom. The quantitative estimate of drug-likeness (QED) is 0.361. The highest BCUT2D eigenvalue weighted by Gasteiger charge is 2.27. The molecule has 1 aliphatic carbocycles. The zero-order valence-electron chi connectivity index (χ0n) is 21.1. The minimum Gasteiger partial charge on any atom is -0.391 e. The first kappa shape index (κ1) is 24.9. The van der Waals surface area contributed by atoms with Crippen LogP contribution in [0.4, 0.5) is 8.78 Å². The van der Waals surface area contributed by atoms with Crippen molar-refractivity contribution in [3.63, 3.8) is 0 Å². The van der Waals surface area contributed by atoms with Crippen LogP contribution in [0.1, 0.15) is 41.6 Å². The Kier molecular flexibility index (Phi) is 6.22. The van der Waals surface area contributed by atoms with Crippen LogP contribution in [0, 0.1) is 11.6 Å². The number of benzene rings is 2. The summed E-state index contributed by atoms with van der Waals surface area (Å²) >= 11 is 0. The number of rotatable bonds is 5. The lowest BCUT2D eigenvalue weighted by molar-refractivity contribution is 0.0717. The maximum Gasteiger partial charge on any atom is 0.334 e. The molecule has 3 aromatic heterocycles. The fourth-order valence-corrected chi connectivity index (χ4v) is 5.36. The summed E-state index contributed by atoms with van der Waals surface area (Å²) in [4.78, 5) is 30.5. The smallest absolute Gasteiger partial charge is 0.334 e. The van der Waals surface area contributed by atoms with Gasteiger partial charge in [-0.3, -0.25) is 18.4 Å². The average Bonchev–Trinajstić information content (AvgIpc) is 3.55. The molecular formula is C28H26F2N6O3. The highest BCUT2D eigenvalue weighted by molar-refractivity contribution is 5.99. The highest BCUT2D eigenvalue weighted by Crippen LogP contribution is 2.31. The molecule has 0 bridgehead atoms. The van der Waals surface area contributed by atoms with Crippen molar-refractivity contribution in [3.8, 4) is 11.1 Å². The molecule has 0 radical (unpaired) electrons. The molecule has 2 atom stereocenters. The van der Waals surface area contributed by atoms with Gasteiger partial charge in [0, 0.05) is 42.8 Å². The van der Waals surface area contributed by atoms with Crippen LogP contribution in [-0.2, 0) is 13.6 Å². The van der Waals surface area contributed by atoms with Gasteiger partial charge in [0.15, 0.2) is 5.65 Å². The third kappa shape index (κ3) is 4.48. The lowest BCUT2D eigenvalue weighted by Gasteiger charge is -2.28. The van der Waals surface area contributed by atoms with E-state index >= 15 is 8.78 Å². The summed E-state index contributed by atoms with van der Waals surface area (Å²) in [5.41, 5.74) is 0.957. The van der Waals surface area contributed by atoms with E-state index in [1.807, 2.05) is 6.07 Å². The van der Waals surface area contributed by atoms with Crippen molar-refractivity contribution >= 4 is 22.5 Å². The van der Waals surface area contributed by atoms with Gasteiger partial charge in [0.25, 0.3) is 5.91 Å². The van der Waals surface area contributed by atoms with Crippen LogP contribution in [0.15, 0.2) is 59.9 Å². The molecule has 2 aromatic carbocycles. The molecule has 9 nitrogen and oxygen atoms in total. The van der Waals surface area contributed by atoms with Crippen molar-refractivity contribution in [2.45, 2.75) is 44.4 Å². The molecule has 200 valence electrons. The zero-order valence-corrected chi connectivity index (χ0v) is 21.1. The van der Waals surface area contributed by atoms with E-state index in [0.717, 1.165) is 22.8 Å². The number of aliphatic hydroxyl groups excluding tert-OH is 1. The van der Waals surface area contributed by atoms with Gasteiger partial charge in [0.1, 0.15) is 11.6 Å². The lowest BCUT2D eigenvalue weighted by Crippen LogP contribution is -2.45. The minimum absolute atomic E-state index is 0.0677. The number of aliphatic hydroxyl groups is 1. The van der Waals surface area contributed by atoms with Crippen LogP contribution < -0.4 is 11.0 Å². The number of amides is 1. The molecule has 0 spiro atoms. The molecule has 3 heterocycles. The molecule has 1 amide bonds. The molecule has 39 heavy (non-hydrogen) atoms. The van der Waals surface area contributed by atoms with Gasteiger partial charge in [-0.25, -0.2) is 18.6 Å². The fourth-order valence-electron chi connectivity index (χ4n) is 5.36. The number of carbonyl (C=O) groups excluding carboxylic acids is 1. The summed E-state index contributed by atoms with van der Waals surface area (Å²) in [5, 5.41) is 18.2. The molecule has 6 rings (SSSR count). The van der Waals surface area contributed by atoms with E-state index in [-0.39, 0.29) is 16.8 Å². The van der Waals surface area contributed by atoms with E-state index in [2.05, 4.69) is 15.4 Å². The highest BCUT2D eigenvalue weighted by atomic mass is 19.1. The third-order valence-electron chi connectivity index (χ3n) is 7.35. The summed E-state index contributed by atoms with van der Waals surface area (Å²) in [6.45, 7) is -0.436. The predicted octanol–water partition coefficient (Wildman–Crippen LogP) is 3.41. The van der Waals surface area contributed by atoms with Gasteiger partial charge < -0.3 is 10.4 Å². The van der Waals surface area contributed by atoms with Gasteiger partial charge >= 0.3 is 5.69 Å². The largest absolute Gasteiger partial charge is 0.391 e.